The fourth-order valence-corrected chi connectivity index (χ4v) is 2.94. The average Bonchev–Trinajstić information content (AvgIpc) is 2.37. The van der Waals surface area contributed by atoms with E-state index in [2.05, 4.69) is 33.9 Å². The second-order valence-corrected chi connectivity index (χ2v) is 11.6. The highest BCUT2D eigenvalue weighted by atomic mass is 28.4. The van der Waals surface area contributed by atoms with Gasteiger partial charge in [-0.25, -0.2) is 0 Å². The van der Waals surface area contributed by atoms with Gasteiger partial charge in [0.2, 0.25) is 8.32 Å². The molecule has 0 aliphatic heterocycles. The molecule has 0 unspecified atom stereocenters. The minimum absolute atomic E-state index is 0.0291. The Morgan fingerprint density at radius 2 is 1.81 bits per heavy atom. The summed E-state index contributed by atoms with van der Waals surface area (Å²) >= 11 is 0. The van der Waals surface area contributed by atoms with Gasteiger partial charge in [-0.3, -0.25) is 4.79 Å². The Morgan fingerprint density at radius 3 is 2.38 bits per heavy atom. The Labute approximate surface area is 126 Å². The molecule has 1 N–H and O–H groups in total. The van der Waals surface area contributed by atoms with Gasteiger partial charge in [-0.15, -0.1) is 0 Å². The Kier molecular flexibility index (Phi) is 3.85. The molecule has 0 heterocycles. The van der Waals surface area contributed by atoms with Crippen LogP contribution in [0, 0.1) is 0 Å². The minimum Gasteiger partial charge on any atom is -0.543 e. The first-order chi connectivity index (χ1) is 9.65. The molecule has 0 aliphatic carbocycles. The molecule has 112 valence electrons. The maximum Gasteiger partial charge on any atom is 0.250 e. The summed E-state index contributed by atoms with van der Waals surface area (Å²) in [5.74, 6) is 0.841. The molecule has 2 rings (SSSR count). The van der Waals surface area contributed by atoms with Gasteiger partial charge in [0.25, 0.3) is 0 Å². The van der Waals surface area contributed by atoms with Crippen LogP contribution in [-0.4, -0.2) is 19.7 Å². The highest BCUT2D eigenvalue weighted by Crippen LogP contribution is 2.38. The quantitative estimate of drug-likeness (QED) is 0.658. The number of rotatable bonds is 3. The van der Waals surface area contributed by atoms with Gasteiger partial charge in [-0.2, -0.15) is 0 Å². The van der Waals surface area contributed by atoms with Crippen molar-refractivity contribution in [2.45, 2.75) is 38.9 Å². The Bertz CT molecular complexity index is 684. The molecule has 21 heavy (non-hydrogen) atoms. The van der Waals surface area contributed by atoms with E-state index in [0.29, 0.717) is 17.2 Å². The van der Waals surface area contributed by atoms with Crippen molar-refractivity contribution in [1.82, 2.24) is 0 Å². The second-order valence-electron chi connectivity index (χ2n) is 6.87. The van der Waals surface area contributed by atoms with Gasteiger partial charge >= 0.3 is 0 Å². The predicted molar refractivity (Wildman–Crippen MR) is 88.8 cm³/mol. The van der Waals surface area contributed by atoms with E-state index in [1.54, 1.807) is 12.1 Å². The Balaban J connectivity index is 2.43. The molecular formula is C17H22O3Si. The lowest BCUT2D eigenvalue weighted by atomic mass is 10.1. The van der Waals surface area contributed by atoms with Gasteiger partial charge in [0.1, 0.15) is 11.5 Å². The first kappa shape index (κ1) is 15.6. The third-order valence-corrected chi connectivity index (χ3v) is 8.66. The number of hydrogen-bond acceptors (Lipinski definition) is 3. The molecule has 0 atom stereocenters. The molecule has 0 aliphatic rings. The number of phenolic OH excluding ortho intramolecular Hbond substituents is 1. The van der Waals surface area contributed by atoms with E-state index < -0.39 is 8.32 Å². The molecule has 0 saturated heterocycles. The highest BCUT2D eigenvalue weighted by molar-refractivity contribution is 6.74. The van der Waals surface area contributed by atoms with Crippen molar-refractivity contribution in [3.8, 4) is 11.5 Å². The first-order valence-corrected chi connectivity index (χ1v) is 9.96. The number of phenols is 1. The van der Waals surface area contributed by atoms with Crippen molar-refractivity contribution in [1.29, 1.82) is 0 Å². The number of benzene rings is 2. The molecule has 0 saturated carbocycles. The van der Waals surface area contributed by atoms with Crippen LogP contribution in [0.1, 0.15) is 31.1 Å². The summed E-state index contributed by atoms with van der Waals surface area (Å²) in [6.07, 6.45) is 0.662. The molecule has 3 nitrogen and oxygen atoms in total. The monoisotopic (exact) mass is 302 g/mol. The average molecular weight is 302 g/mol. The van der Waals surface area contributed by atoms with Crippen molar-refractivity contribution in [3.63, 3.8) is 0 Å². The molecule has 0 fully saturated rings. The summed E-state index contributed by atoms with van der Waals surface area (Å²) < 4.78 is 6.26. The Morgan fingerprint density at radius 1 is 1.14 bits per heavy atom. The third kappa shape index (κ3) is 2.95. The molecule has 0 aromatic heterocycles. The lowest BCUT2D eigenvalue weighted by Gasteiger charge is -2.36. The molecule has 4 heteroatoms. The number of aldehydes is 1. The van der Waals surface area contributed by atoms with Crippen molar-refractivity contribution >= 4 is 25.4 Å². The normalized spacial score (nSPS) is 12.4. The molecule has 0 bridgehead atoms. The zero-order chi connectivity index (χ0) is 15.8. The fraction of sp³-hybridized carbons (Fsp3) is 0.353. The minimum atomic E-state index is -1.88. The van der Waals surface area contributed by atoms with E-state index in [4.69, 9.17) is 4.43 Å². The summed E-state index contributed by atoms with van der Waals surface area (Å²) in [7, 11) is -1.88. The number of carbonyl (C=O) groups excluding carboxylic acids is 1. The van der Waals surface area contributed by atoms with E-state index in [-0.39, 0.29) is 10.8 Å². The molecule has 2 aromatic rings. The topological polar surface area (TPSA) is 46.5 Å². The van der Waals surface area contributed by atoms with E-state index in [0.717, 1.165) is 11.1 Å². The zero-order valence-corrected chi connectivity index (χ0v) is 14.2. The van der Waals surface area contributed by atoms with Crippen molar-refractivity contribution in [2.75, 3.05) is 0 Å². The fourth-order valence-electron chi connectivity index (χ4n) is 1.91. The van der Waals surface area contributed by atoms with Gasteiger partial charge in [0.05, 0.1) is 5.56 Å². The molecule has 2 aromatic carbocycles. The van der Waals surface area contributed by atoms with Crippen molar-refractivity contribution in [2.24, 2.45) is 0 Å². The van der Waals surface area contributed by atoms with Crippen LogP contribution in [-0.2, 0) is 0 Å². The van der Waals surface area contributed by atoms with Gasteiger partial charge in [0, 0.05) is 5.39 Å². The van der Waals surface area contributed by atoms with E-state index >= 15 is 0 Å². The molecular weight excluding hydrogens is 280 g/mol. The lowest BCUT2D eigenvalue weighted by Crippen LogP contribution is -2.43. The Hall–Kier alpha value is -1.81. The van der Waals surface area contributed by atoms with Crippen LogP contribution < -0.4 is 4.43 Å². The van der Waals surface area contributed by atoms with Crippen molar-refractivity contribution < 1.29 is 14.3 Å². The van der Waals surface area contributed by atoms with Gasteiger partial charge in [0.15, 0.2) is 6.29 Å². The maximum atomic E-state index is 10.9. The van der Waals surface area contributed by atoms with E-state index in [1.165, 1.54) is 0 Å². The first-order valence-electron chi connectivity index (χ1n) is 7.05. The van der Waals surface area contributed by atoms with Crippen LogP contribution >= 0.6 is 0 Å². The van der Waals surface area contributed by atoms with Crippen LogP contribution in [0.3, 0.4) is 0 Å². The van der Waals surface area contributed by atoms with E-state index in [9.17, 15) is 9.90 Å². The van der Waals surface area contributed by atoms with Gasteiger partial charge in [-0.05, 0) is 47.8 Å². The summed E-state index contributed by atoms with van der Waals surface area (Å²) in [5.41, 5.74) is 0.306. The smallest absolute Gasteiger partial charge is 0.250 e. The standard InChI is InChI=1S/C17H22O3Si/c1-17(2,3)21(4,5)20-14-8-9-15-12(10-14)6-7-13(11-18)16(15)19/h6-11,19H,1-5H3. The second kappa shape index (κ2) is 5.19. The number of hydrogen-bond donors (Lipinski definition) is 1. The third-order valence-electron chi connectivity index (χ3n) is 4.30. The molecule has 0 radical (unpaired) electrons. The van der Waals surface area contributed by atoms with Crippen LogP contribution in [0.25, 0.3) is 10.8 Å². The summed E-state index contributed by atoms with van der Waals surface area (Å²) in [6.45, 7) is 11.0. The van der Waals surface area contributed by atoms with Gasteiger partial charge < -0.3 is 9.53 Å². The highest BCUT2D eigenvalue weighted by Gasteiger charge is 2.38. The maximum absolute atomic E-state index is 10.9. The van der Waals surface area contributed by atoms with Gasteiger partial charge in [-0.1, -0.05) is 26.8 Å². The number of carbonyl (C=O) groups is 1. The predicted octanol–water partition coefficient (Wildman–Crippen LogP) is 4.74. The molecule has 0 amide bonds. The summed E-state index contributed by atoms with van der Waals surface area (Å²) in [4.78, 5) is 10.9. The summed E-state index contributed by atoms with van der Waals surface area (Å²) in [5, 5.41) is 11.7. The van der Waals surface area contributed by atoms with E-state index in [1.807, 2.05) is 18.2 Å². The molecule has 0 spiro atoms. The largest absolute Gasteiger partial charge is 0.543 e. The van der Waals surface area contributed by atoms with Crippen LogP contribution in [0.5, 0.6) is 11.5 Å². The zero-order valence-electron chi connectivity index (χ0n) is 13.2. The van der Waals surface area contributed by atoms with Crippen LogP contribution in [0.15, 0.2) is 30.3 Å². The lowest BCUT2D eigenvalue weighted by molar-refractivity contribution is 0.112. The number of fused-ring (bicyclic) bond motifs is 1. The van der Waals surface area contributed by atoms with Crippen LogP contribution in [0.2, 0.25) is 18.1 Å². The SMILES string of the molecule is CC(C)(C)[Si](C)(C)Oc1ccc2c(O)c(C=O)ccc2c1. The number of aromatic hydroxyl groups is 1. The summed E-state index contributed by atoms with van der Waals surface area (Å²) in [6, 6.07) is 9.04. The van der Waals surface area contributed by atoms with Crippen molar-refractivity contribution in [3.05, 3.63) is 35.9 Å². The van der Waals surface area contributed by atoms with Crippen LogP contribution in [0.4, 0.5) is 0 Å².